The first kappa shape index (κ1) is 20.4. The fraction of sp³-hybridized carbons (Fsp3) is 0.0909. The molecule has 1 unspecified atom stereocenters. The maximum absolute atomic E-state index is 12.6. The number of hydrogen-bond donors (Lipinski definition) is 2. The van der Waals surface area contributed by atoms with Gasteiger partial charge in [0, 0.05) is 17.2 Å². The second-order valence-electron chi connectivity index (χ2n) is 6.73. The molecule has 0 spiro atoms. The number of fused-ring (bicyclic) bond motifs is 1. The molecule has 0 aliphatic heterocycles. The van der Waals surface area contributed by atoms with Crippen molar-refractivity contribution in [1.29, 1.82) is 0 Å². The molecular weight excluding hydrogens is 420 g/mol. The molecule has 0 saturated carbocycles. The van der Waals surface area contributed by atoms with E-state index in [1.165, 1.54) is 12.1 Å². The minimum absolute atomic E-state index is 0.0423. The van der Waals surface area contributed by atoms with Crippen molar-refractivity contribution in [1.82, 2.24) is 15.3 Å². The summed E-state index contributed by atoms with van der Waals surface area (Å²) in [5, 5.41) is 14.5. The van der Waals surface area contributed by atoms with Crippen LogP contribution in [0.2, 0.25) is 5.02 Å². The molecule has 1 heterocycles. The first-order valence-corrected chi connectivity index (χ1v) is 9.74. The molecule has 31 heavy (non-hydrogen) atoms. The molecule has 4 aromatic rings. The molecule has 1 aromatic heterocycles. The molecule has 4 rings (SSSR count). The zero-order valence-corrected chi connectivity index (χ0v) is 16.9. The maximum atomic E-state index is 12.6. The number of nitro benzene ring substituents is 1. The van der Waals surface area contributed by atoms with Crippen molar-refractivity contribution in [3.63, 3.8) is 0 Å². The van der Waals surface area contributed by atoms with Gasteiger partial charge in [0.25, 0.3) is 11.6 Å². The third kappa shape index (κ3) is 4.81. The molecule has 0 fully saturated rings. The number of aromatic amines is 1. The topological polar surface area (TPSA) is 110 Å². The number of ether oxygens (including phenoxy) is 1. The fourth-order valence-corrected chi connectivity index (χ4v) is 3.23. The van der Waals surface area contributed by atoms with E-state index in [1.54, 1.807) is 30.3 Å². The van der Waals surface area contributed by atoms with Crippen LogP contribution in [0.15, 0.2) is 72.8 Å². The Morgan fingerprint density at radius 2 is 1.87 bits per heavy atom. The van der Waals surface area contributed by atoms with Crippen molar-refractivity contribution >= 4 is 34.2 Å². The lowest BCUT2D eigenvalue weighted by molar-refractivity contribution is -0.384. The minimum atomic E-state index is -0.589. The predicted octanol–water partition coefficient (Wildman–Crippen LogP) is 4.41. The van der Waals surface area contributed by atoms with Crippen LogP contribution in [0.5, 0.6) is 5.75 Å². The number of H-pyrrole nitrogens is 1. The molecule has 2 N–H and O–H groups in total. The Morgan fingerprint density at radius 1 is 1.13 bits per heavy atom. The van der Waals surface area contributed by atoms with Crippen LogP contribution in [0.4, 0.5) is 5.69 Å². The van der Waals surface area contributed by atoms with E-state index >= 15 is 0 Å². The first-order chi connectivity index (χ1) is 15.0. The van der Waals surface area contributed by atoms with Crippen LogP contribution in [0.3, 0.4) is 0 Å². The highest BCUT2D eigenvalue weighted by atomic mass is 35.5. The summed E-state index contributed by atoms with van der Waals surface area (Å²) in [4.78, 5) is 30.8. The lowest BCUT2D eigenvalue weighted by atomic mass is 10.1. The Kier molecular flexibility index (Phi) is 5.81. The van der Waals surface area contributed by atoms with Crippen molar-refractivity contribution in [2.45, 2.75) is 6.04 Å². The van der Waals surface area contributed by atoms with E-state index < -0.39 is 11.0 Å². The second kappa shape index (κ2) is 8.85. The van der Waals surface area contributed by atoms with Crippen molar-refractivity contribution < 1.29 is 14.5 Å². The van der Waals surface area contributed by atoms with E-state index in [2.05, 4.69) is 15.3 Å². The monoisotopic (exact) mass is 436 g/mol. The zero-order chi connectivity index (χ0) is 21.8. The van der Waals surface area contributed by atoms with Gasteiger partial charge in [-0.25, -0.2) is 4.98 Å². The summed E-state index contributed by atoms with van der Waals surface area (Å²) in [7, 11) is 0. The molecule has 9 heteroatoms. The third-order valence-electron chi connectivity index (χ3n) is 4.59. The standard InChI is InChI=1S/C22H17ClN4O4/c23-15-6-9-17(10-7-15)31-13-20(28)26-21(14-4-2-1-3-5-14)22-24-18-11-8-16(27(29)30)12-19(18)25-22/h1-12,21H,13H2,(H,24,25)(H,26,28). The summed E-state index contributed by atoms with van der Waals surface area (Å²) < 4.78 is 5.52. The molecule has 1 amide bonds. The smallest absolute Gasteiger partial charge is 0.271 e. The van der Waals surface area contributed by atoms with Gasteiger partial charge in [0.15, 0.2) is 6.61 Å². The molecule has 0 bridgehead atoms. The number of halogens is 1. The van der Waals surface area contributed by atoms with E-state index in [9.17, 15) is 14.9 Å². The Morgan fingerprint density at radius 3 is 2.58 bits per heavy atom. The molecule has 3 aromatic carbocycles. The first-order valence-electron chi connectivity index (χ1n) is 9.36. The minimum Gasteiger partial charge on any atom is -0.484 e. The van der Waals surface area contributed by atoms with Gasteiger partial charge >= 0.3 is 0 Å². The molecule has 0 saturated heterocycles. The molecule has 8 nitrogen and oxygen atoms in total. The molecular formula is C22H17ClN4O4. The Labute approximate surface area is 182 Å². The lowest BCUT2D eigenvalue weighted by Crippen LogP contribution is -2.33. The number of aromatic nitrogens is 2. The number of nitro groups is 1. The van der Waals surface area contributed by atoms with Gasteiger partial charge in [-0.05, 0) is 35.9 Å². The van der Waals surface area contributed by atoms with Gasteiger partial charge in [0.1, 0.15) is 17.6 Å². The van der Waals surface area contributed by atoms with Crippen molar-refractivity contribution in [2.24, 2.45) is 0 Å². The SMILES string of the molecule is O=C(COc1ccc(Cl)cc1)NC(c1ccccc1)c1nc2ccc([N+](=O)[O-])cc2[nH]1. The van der Waals surface area contributed by atoms with Crippen molar-refractivity contribution in [2.75, 3.05) is 6.61 Å². The van der Waals surface area contributed by atoms with Gasteiger partial charge in [-0.3, -0.25) is 14.9 Å². The number of imidazole rings is 1. The highest BCUT2D eigenvalue weighted by Crippen LogP contribution is 2.25. The number of hydrogen-bond acceptors (Lipinski definition) is 5. The Bertz CT molecular complexity index is 1230. The summed E-state index contributed by atoms with van der Waals surface area (Å²) in [5.74, 6) is 0.628. The van der Waals surface area contributed by atoms with Crippen LogP contribution < -0.4 is 10.1 Å². The van der Waals surface area contributed by atoms with E-state index in [-0.39, 0.29) is 18.2 Å². The van der Waals surface area contributed by atoms with E-state index in [1.807, 2.05) is 30.3 Å². The average Bonchev–Trinajstić information content (AvgIpc) is 3.20. The summed E-state index contributed by atoms with van der Waals surface area (Å²) in [6.45, 7) is -0.198. The summed E-state index contributed by atoms with van der Waals surface area (Å²) in [6, 6.07) is 19.8. The predicted molar refractivity (Wildman–Crippen MR) is 116 cm³/mol. The van der Waals surface area contributed by atoms with Gasteiger partial charge in [-0.1, -0.05) is 41.9 Å². The lowest BCUT2D eigenvalue weighted by Gasteiger charge is -2.17. The Hall–Kier alpha value is -3.91. The number of non-ortho nitro benzene ring substituents is 1. The number of carbonyl (C=O) groups excluding carboxylic acids is 1. The van der Waals surface area contributed by atoms with Crippen LogP contribution in [-0.2, 0) is 4.79 Å². The highest BCUT2D eigenvalue weighted by molar-refractivity contribution is 6.30. The third-order valence-corrected chi connectivity index (χ3v) is 4.84. The second-order valence-corrected chi connectivity index (χ2v) is 7.17. The van der Waals surface area contributed by atoms with E-state index in [0.29, 0.717) is 27.6 Å². The largest absolute Gasteiger partial charge is 0.484 e. The molecule has 1 atom stereocenters. The maximum Gasteiger partial charge on any atom is 0.271 e. The van der Waals surface area contributed by atoms with Gasteiger partial charge in [-0.2, -0.15) is 0 Å². The molecule has 0 radical (unpaired) electrons. The van der Waals surface area contributed by atoms with Gasteiger partial charge in [-0.15, -0.1) is 0 Å². The van der Waals surface area contributed by atoms with Crippen molar-refractivity contribution in [3.8, 4) is 5.75 Å². The number of carbonyl (C=O) groups is 1. The number of benzene rings is 3. The molecule has 156 valence electrons. The quantitative estimate of drug-likeness (QED) is 0.329. The van der Waals surface area contributed by atoms with Crippen molar-refractivity contribution in [3.05, 3.63) is 99.3 Å². The highest BCUT2D eigenvalue weighted by Gasteiger charge is 2.21. The van der Waals surface area contributed by atoms with Crippen LogP contribution in [0.25, 0.3) is 11.0 Å². The molecule has 0 aliphatic carbocycles. The number of nitrogens with one attached hydrogen (secondary N) is 2. The van der Waals surface area contributed by atoms with Gasteiger partial charge < -0.3 is 15.0 Å². The summed E-state index contributed by atoms with van der Waals surface area (Å²) in [6.07, 6.45) is 0. The summed E-state index contributed by atoms with van der Waals surface area (Å²) in [5.41, 5.74) is 1.83. The van der Waals surface area contributed by atoms with E-state index in [0.717, 1.165) is 5.56 Å². The molecule has 0 aliphatic rings. The number of nitrogens with zero attached hydrogens (tertiary/aromatic N) is 2. The number of amides is 1. The van der Waals surface area contributed by atoms with Crippen LogP contribution >= 0.6 is 11.6 Å². The van der Waals surface area contributed by atoms with Crippen LogP contribution in [-0.4, -0.2) is 27.4 Å². The van der Waals surface area contributed by atoms with Gasteiger partial charge in [0.05, 0.1) is 16.0 Å². The normalized spacial score (nSPS) is 11.8. The zero-order valence-electron chi connectivity index (χ0n) is 16.1. The van der Waals surface area contributed by atoms with Gasteiger partial charge in [0.2, 0.25) is 0 Å². The van der Waals surface area contributed by atoms with E-state index in [4.69, 9.17) is 16.3 Å². The summed E-state index contributed by atoms with van der Waals surface area (Å²) >= 11 is 5.86. The Balaban J connectivity index is 1.57. The van der Waals surface area contributed by atoms with Crippen LogP contribution in [0, 0.1) is 10.1 Å². The number of rotatable bonds is 7. The van der Waals surface area contributed by atoms with Crippen LogP contribution in [0.1, 0.15) is 17.4 Å². The average molecular weight is 437 g/mol. The fourth-order valence-electron chi connectivity index (χ4n) is 3.11.